The van der Waals surface area contributed by atoms with Crippen LogP contribution in [0.4, 0.5) is 0 Å². The summed E-state index contributed by atoms with van der Waals surface area (Å²) >= 11 is 0. The van der Waals surface area contributed by atoms with E-state index >= 15 is 0 Å². The molecule has 13 aromatic rings. The van der Waals surface area contributed by atoms with Crippen LogP contribution in [0.3, 0.4) is 0 Å². The number of furan rings is 1. The maximum Gasteiger partial charge on any atom is 0.238 e. The first-order chi connectivity index (χ1) is 31.2. The summed E-state index contributed by atoms with van der Waals surface area (Å²) in [7, 11) is 0. The molecule has 0 aliphatic heterocycles. The molecule has 0 unspecified atom stereocenters. The van der Waals surface area contributed by atoms with Gasteiger partial charge in [0.05, 0.1) is 27.8 Å². The van der Waals surface area contributed by atoms with Crippen LogP contribution in [0.2, 0.25) is 0 Å². The van der Waals surface area contributed by atoms with Crippen molar-refractivity contribution in [3.63, 3.8) is 0 Å². The monoisotopic (exact) mass is 805 g/mol. The Kier molecular flexibility index (Phi) is 7.80. The number of hydrogen-bond acceptors (Lipinski definition) is 4. The predicted octanol–water partition coefficient (Wildman–Crippen LogP) is 14.6. The van der Waals surface area contributed by atoms with Gasteiger partial charge in [0.25, 0.3) is 0 Å². The third-order valence-electron chi connectivity index (χ3n) is 12.4. The smallest absolute Gasteiger partial charge is 0.238 e. The van der Waals surface area contributed by atoms with Gasteiger partial charge in [-0.3, -0.25) is 4.57 Å². The molecular weight excluding hydrogens is 771 g/mol. The van der Waals surface area contributed by atoms with Crippen LogP contribution in [0.25, 0.3) is 122 Å². The van der Waals surface area contributed by atoms with Crippen molar-refractivity contribution < 1.29 is 4.42 Å². The van der Waals surface area contributed by atoms with Crippen molar-refractivity contribution in [2.75, 3.05) is 0 Å². The zero-order valence-electron chi connectivity index (χ0n) is 33.9. The summed E-state index contributed by atoms with van der Waals surface area (Å²) in [6, 6.07) is 74.5. The quantitative estimate of drug-likeness (QED) is 0.168. The Bertz CT molecular complexity index is 3860. The third kappa shape index (κ3) is 5.55. The number of aromatic nitrogens is 5. The van der Waals surface area contributed by atoms with Gasteiger partial charge in [-0.2, -0.15) is 9.97 Å². The lowest BCUT2D eigenvalue weighted by Crippen LogP contribution is -2.07. The first-order valence-electron chi connectivity index (χ1n) is 21.2. The van der Waals surface area contributed by atoms with Crippen molar-refractivity contribution in [3.8, 4) is 56.7 Å². The molecule has 0 spiro atoms. The summed E-state index contributed by atoms with van der Waals surface area (Å²) in [6.45, 7) is 0. The van der Waals surface area contributed by atoms with Crippen molar-refractivity contribution in [1.29, 1.82) is 0 Å². The number of rotatable bonds is 6. The number of hydrogen-bond donors (Lipinski definition) is 0. The van der Waals surface area contributed by atoms with Gasteiger partial charge in [-0.25, -0.2) is 4.98 Å². The highest BCUT2D eigenvalue weighted by Gasteiger charge is 2.23. The van der Waals surface area contributed by atoms with Crippen molar-refractivity contribution >= 4 is 65.6 Å². The van der Waals surface area contributed by atoms with Gasteiger partial charge in [0.1, 0.15) is 11.2 Å². The molecule has 0 amide bonds. The van der Waals surface area contributed by atoms with E-state index in [1.807, 2.05) is 30.3 Å². The molecule has 4 aromatic heterocycles. The van der Waals surface area contributed by atoms with E-state index < -0.39 is 0 Å². The van der Waals surface area contributed by atoms with E-state index in [9.17, 15) is 0 Å². The van der Waals surface area contributed by atoms with Crippen molar-refractivity contribution in [2.24, 2.45) is 0 Å². The van der Waals surface area contributed by atoms with E-state index in [2.05, 4.69) is 191 Å². The second-order valence-electron chi connectivity index (χ2n) is 16.0. The van der Waals surface area contributed by atoms with E-state index in [0.29, 0.717) is 17.6 Å². The SMILES string of the molecule is c1ccc(-c2nc(-c3ccc(-c4ccccc4)c(-n4c5ccccc5c5ccccc54)c3)nc(-n3c4ccccc4c4cccc(-c5ccc6oc7ccccc7c6c5)c43)n2)cc1. The van der Waals surface area contributed by atoms with E-state index in [1.54, 1.807) is 0 Å². The maximum absolute atomic E-state index is 6.26. The minimum atomic E-state index is 0.540. The fraction of sp³-hybridized carbons (Fsp3) is 0. The molecule has 6 heteroatoms. The summed E-state index contributed by atoms with van der Waals surface area (Å²) in [4.78, 5) is 16.1. The molecule has 294 valence electrons. The van der Waals surface area contributed by atoms with Crippen LogP contribution in [-0.2, 0) is 0 Å². The summed E-state index contributed by atoms with van der Waals surface area (Å²) in [6.07, 6.45) is 0. The molecule has 0 radical (unpaired) electrons. The highest BCUT2D eigenvalue weighted by Crippen LogP contribution is 2.41. The molecule has 0 atom stereocenters. The standard InChI is InChI=1S/C57H35N5O/c1-3-16-36(17-4-1)40-32-30-39(35-51(40)61-48-26-11-7-20-42(48)43-21-8-12-27-49(43)61)56-58-55(37-18-5-2-6-19-37)59-57(60-56)62-50-28-13-9-22-44(50)46-25-15-24-41(54(46)62)38-31-33-53-47(34-38)45-23-10-14-29-52(45)63-53/h1-35H. The summed E-state index contributed by atoms with van der Waals surface area (Å²) in [5.41, 5.74) is 13.2. The predicted molar refractivity (Wildman–Crippen MR) is 258 cm³/mol. The van der Waals surface area contributed by atoms with Crippen LogP contribution in [0.15, 0.2) is 217 Å². The fourth-order valence-electron chi connectivity index (χ4n) is 9.56. The van der Waals surface area contributed by atoms with E-state index in [4.69, 9.17) is 19.4 Å². The van der Waals surface area contributed by atoms with Crippen LogP contribution in [-0.4, -0.2) is 24.1 Å². The Morgan fingerprint density at radius 3 is 1.57 bits per heavy atom. The minimum absolute atomic E-state index is 0.540. The largest absolute Gasteiger partial charge is 0.456 e. The Hall–Kier alpha value is -8.61. The molecule has 0 fully saturated rings. The van der Waals surface area contributed by atoms with Gasteiger partial charge in [-0.05, 0) is 53.6 Å². The number of fused-ring (bicyclic) bond motifs is 9. The normalized spacial score (nSPS) is 11.8. The van der Waals surface area contributed by atoms with Gasteiger partial charge >= 0.3 is 0 Å². The lowest BCUT2D eigenvalue weighted by Gasteiger charge is -2.17. The lowest BCUT2D eigenvalue weighted by atomic mass is 10.00. The van der Waals surface area contributed by atoms with Crippen molar-refractivity contribution in [3.05, 3.63) is 212 Å². The van der Waals surface area contributed by atoms with Gasteiger partial charge in [-0.1, -0.05) is 170 Å². The van der Waals surface area contributed by atoms with Gasteiger partial charge in [0.2, 0.25) is 5.95 Å². The Labute approximate surface area is 361 Å². The molecule has 0 saturated heterocycles. The molecule has 0 aliphatic carbocycles. The van der Waals surface area contributed by atoms with Gasteiger partial charge in [-0.15, -0.1) is 0 Å². The number of para-hydroxylation sites is 5. The molecule has 9 aromatic carbocycles. The molecule has 0 aliphatic rings. The van der Waals surface area contributed by atoms with Crippen LogP contribution >= 0.6 is 0 Å². The maximum atomic E-state index is 6.26. The first kappa shape index (κ1) is 35.2. The van der Waals surface area contributed by atoms with Gasteiger partial charge < -0.3 is 8.98 Å². The molecule has 63 heavy (non-hydrogen) atoms. The molecule has 0 saturated carbocycles. The minimum Gasteiger partial charge on any atom is -0.456 e. The average Bonchev–Trinajstić information content (AvgIpc) is 4.02. The van der Waals surface area contributed by atoms with Crippen LogP contribution < -0.4 is 0 Å². The molecule has 4 heterocycles. The van der Waals surface area contributed by atoms with Gasteiger partial charge in [0, 0.05) is 54.6 Å². The number of benzene rings is 9. The summed E-state index contributed by atoms with van der Waals surface area (Å²) < 4.78 is 10.9. The van der Waals surface area contributed by atoms with Gasteiger partial charge in [0.15, 0.2) is 11.6 Å². The van der Waals surface area contributed by atoms with Crippen molar-refractivity contribution in [1.82, 2.24) is 24.1 Å². The molecule has 0 bridgehead atoms. The molecule has 0 N–H and O–H groups in total. The molecule has 6 nitrogen and oxygen atoms in total. The summed E-state index contributed by atoms with van der Waals surface area (Å²) in [5, 5.41) is 6.81. The van der Waals surface area contributed by atoms with Crippen LogP contribution in [0.5, 0.6) is 0 Å². The zero-order valence-corrected chi connectivity index (χ0v) is 33.9. The Morgan fingerprint density at radius 2 is 0.857 bits per heavy atom. The first-order valence-corrected chi connectivity index (χ1v) is 21.2. The molecule has 13 rings (SSSR count). The molecular formula is C57H35N5O. The zero-order chi connectivity index (χ0) is 41.4. The highest BCUT2D eigenvalue weighted by molar-refractivity contribution is 6.15. The third-order valence-corrected chi connectivity index (χ3v) is 12.4. The topological polar surface area (TPSA) is 61.7 Å². The summed E-state index contributed by atoms with van der Waals surface area (Å²) in [5.74, 6) is 1.71. The van der Waals surface area contributed by atoms with Crippen molar-refractivity contribution in [2.45, 2.75) is 0 Å². The van der Waals surface area contributed by atoms with Crippen LogP contribution in [0, 0.1) is 0 Å². The van der Waals surface area contributed by atoms with E-state index in [-0.39, 0.29) is 0 Å². The van der Waals surface area contributed by atoms with Crippen LogP contribution in [0.1, 0.15) is 0 Å². The van der Waals surface area contributed by atoms with E-state index in [0.717, 1.165) is 93.8 Å². The fourth-order valence-corrected chi connectivity index (χ4v) is 9.56. The average molecular weight is 806 g/mol. The van der Waals surface area contributed by atoms with E-state index in [1.165, 1.54) is 10.8 Å². The second-order valence-corrected chi connectivity index (χ2v) is 16.0. The Balaban J connectivity index is 1.09. The number of nitrogens with zero attached hydrogens (tertiary/aromatic N) is 5. The lowest BCUT2D eigenvalue weighted by molar-refractivity contribution is 0.669. The Morgan fingerprint density at radius 1 is 0.317 bits per heavy atom. The second kappa shape index (κ2) is 14.0. The highest BCUT2D eigenvalue weighted by atomic mass is 16.3.